The molecule has 0 amide bonds. The summed E-state index contributed by atoms with van der Waals surface area (Å²) in [6, 6.07) is 0. The molecule has 0 aliphatic heterocycles. The Morgan fingerprint density at radius 1 is 1.60 bits per heavy atom. The Labute approximate surface area is 93.9 Å². The monoisotopic (exact) mass is 208 g/mol. The smallest absolute Gasteiger partial charge is 0.120 e. The summed E-state index contributed by atoms with van der Waals surface area (Å²) in [6.07, 6.45) is 12.0. The van der Waals surface area contributed by atoms with E-state index in [0.717, 1.165) is 12.2 Å². The van der Waals surface area contributed by atoms with E-state index in [4.69, 9.17) is 0 Å². The predicted molar refractivity (Wildman–Crippen MR) is 64.8 cm³/mol. The van der Waals surface area contributed by atoms with Gasteiger partial charge >= 0.3 is 0 Å². The molecule has 1 heteroatoms. The molecule has 0 saturated heterocycles. The second-order valence-electron chi connectivity index (χ2n) is 4.87. The minimum Gasteiger partial charge on any atom is -0.303 e. The van der Waals surface area contributed by atoms with Crippen molar-refractivity contribution in [1.82, 2.24) is 0 Å². The highest BCUT2D eigenvalue weighted by Gasteiger charge is 2.17. The van der Waals surface area contributed by atoms with Crippen LogP contribution in [-0.2, 0) is 4.79 Å². The fraction of sp³-hybridized carbons (Fsp3) is 0.786. The van der Waals surface area contributed by atoms with Crippen LogP contribution in [0.3, 0.4) is 0 Å². The van der Waals surface area contributed by atoms with Crippen LogP contribution in [0.15, 0.2) is 11.6 Å². The highest BCUT2D eigenvalue weighted by molar-refractivity contribution is 5.50. The Bertz CT molecular complexity index is 217. The van der Waals surface area contributed by atoms with E-state index in [0.29, 0.717) is 12.3 Å². The number of hydrogen-bond donors (Lipinski definition) is 0. The minimum atomic E-state index is 0.481. The zero-order chi connectivity index (χ0) is 11.1. The molecule has 0 N–H and O–H groups in total. The van der Waals surface area contributed by atoms with E-state index >= 15 is 0 Å². The van der Waals surface area contributed by atoms with Crippen LogP contribution in [0.2, 0.25) is 0 Å². The van der Waals surface area contributed by atoms with E-state index in [2.05, 4.69) is 19.9 Å². The average Bonchev–Trinajstić information content (AvgIpc) is 2.27. The molecular formula is C14H24O. The van der Waals surface area contributed by atoms with E-state index in [9.17, 15) is 4.79 Å². The molecule has 0 heterocycles. The van der Waals surface area contributed by atoms with Gasteiger partial charge in [0.05, 0.1) is 0 Å². The van der Waals surface area contributed by atoms with Crippen molar-refractivity contribution in [3.63, 3.8) is 0 Å². The first-order valence-electron chi connectivity index (χ1n) is 6.40. The fourth-order valence-corrected chi connectivity index (χ4v) is 2.41. The molecule has 86 valence electrons. The number of unbranched alkanes of at least 4 members (excludes halogenated alkanes) is 1. The van der Waals surface area contributed by atoms with Crippen molar-refractivity contribution >= 4 is 6.29 Å². The summed E-state index contributed by atoms with van der Waals surface area (Å²) in [4.78, 5) is 10.4. The number of carbonyl (C=O) groups is 1. The molecule has 0 aromatic rings. The third-order valence-corrected chi connectivity index (χ3v) is 3.60. The van der Waals surface area contributed by atoms with Gasteiger partial charge < -0.3 is 4.79 Å². The Kier molecular flexibility index (Phi) is 5.67. The molecule has 1 aliphatic carbocycles. The van der Waals surface area contributed by atoms with Gasteiger partial charge in [-0.2, -0.15) is 0 Å². The molecule has 15 heavy (non-hydrogen) atoms. The molecule has 0 spiro atoms. The van der Waals surface area contributed by atoms with Gasteiger partial charge in [0.1, 0.15) is 6.29 Å². The van der Waals surface area contributed by atoms with Crippen molar-refractivity contribution in [2.75, 3.05) is 0 Å². The summed E-state index contributed by atoms with van der Waals surface area (Å²) in [7, 11) is 0. The van der Waals surface area contributed by atoms with Crippen molar-refractivity contribution in [1.29, 1.82) is 0 Å². The van der Waals surface area contributed by atoms with Crippen molar-refractivity contribution in [3.05, 3.63) is 11.6 Å². The summed E-state index contributed by atoms with van der Waals surface area (Å²) in [5.41, 5.74) is 1.52. The van der Waals surface area contributed by atoms with Crippen molar-refractivity contribution in [3.8, 4) is 0 Å². The predicted octanol–water partition coefficient (Wildman–Crippen LogP) is 4.13. The van der Waals surface area contributed by atoms with Crippen LogP contribution in [0.25, 0.3) is 0 Å². The van der Waals surface area contributed by atoms with Gasteiger partial charge in [-0.05, 0) is 31.1 Å². The van der Waals surface area contributed by atoms with Crippen LogP contribution in [0, 0.1) is 11.8 Å². The minimum absolute atomic E-state index is 0.481. The maximum atomic E-state index is 10.4. The van der Waals surface area contributed by atoms with E-state index in [1.165, 1.54) is 44.1 Å². The van der Waals surface area contributed by atoms with Crippen LogP contribution in [0.4, 0.5) is 0 Å². The molecule has 0 saturated carbocycles. The molecular weight excluding hydrogens is 184 g/mol. The van der Waals surface area contributed by atoms with Crippen LogP contribution in [0.1, 0.15) is 58.8 Å². The molecule has 1 aliphatic rings. The van der Waals surface area contributed by atoms with Crippen molar-refractivity contribution < 1.29 is 4.79 Å². The Balaban J connectivity index is 2.33. The molecule has 1 rings (SSSR count). The molecule has 0 aromatic carbocycles. The second kappa shape index (κ2) is 6.81. The zero-order valence-electron chi connectivity index (χ0n) is 10.2. The van der Waals surface area contributed by atoms with Crippen LogP contribution >= 0.6 is 0 Å². The summed E-state index contributed by atoms with van der Waals surface area (Å²) in [5, 5.41) is 0. The molecule has 2 atom stereocenters. The fourth-order valence-electron chi connectivity index (χ4n) is 2.41. The van der Waals surface area contributed by atoms with Gasteiger partial charge in [-0.1, -0.05) is 44.8 Å². The number of allylic oxidation sites excluding steroid dienone is 2. The highest BCUT2D eigenvalue weighted by Crippen LogP contribution is 2.31. The largest absolute Gasteiger partial charge is 0.303 e. The van der Waals surface area contributed by atoms with Crippen LogP contribution in [0.5, 0.6) is 0 Å². The van der Waals surface area contributed by atoms with Crippen molar-refractivity contribution in [2.45, 2.75) is 58.8 Å². The van der Waals surface area contributed by atoms with Gasteiger partial charge in [0, 0.05) is 6.42 Å². The lowest BCUT2D eigenvalue weighted by molar-refractivity contribution is -0.108. The SMILES string of the molecule is CCCCC1CC=C(C(C)CC=O)CC1. The first-order chi connectivity index (χ1) is 7.27. The summed E-state index contributed by atoms with van der Waals surface area (Å²) < 4.78 is 0. The van der Waals surface area contributed by atoms with E-state index < -0.39 is 0 Å². The first kappa shape index (κ1) is 12.5. The summed E-state index contributed by atoms with van der Waals surface area (Å²) >= 11 is 0. The number of hydrogen-bond acceptors (Lipinski definition) is 1. The Morgan fingerprint density at radius 2 is 2.40 bits per heavy atom. The van der Waals surface area contributed by atoms with Gasteiger partial charge in [-0.15, -0.1) is 0 Å². The Hall–Kier alpha value is -0.590. The zero-order valence-corrected chi connectivity index (χ0v) is 10.2. The maximum absolute atomic E-state index is 10.4. The maximum Gasteiger partial charge on any atom is 0.120 e. The Morgan fingerprint density at radius 3 is 2.93 bits per heavy atom. The molecule has 2 unspecified atom stereocenters. The average molecular weight is 208 g/mol. The quantitative estimate of drug-likeness (QED) is 0.474. The van der Waals surface area contributed by atoms with Crippen molar-refractivity contribution in [2.24, 2.45) is 11.8 Å². The number of carbonyl (C=O) groups excluding carboxylic acids is 1. The third kappa shape index (κ3) is 4.19. The van der Waals surface area contributed by atoms with Gasteiger partial charge in [0.25, 0.3) is 0 Å². The molecule has 0 fully saturated rings. The van der Waals surface area contributed by atoms with E-state index in [1.807, 2.05) is 0 Å². The number of rotatable bonds is 6. The molecule has 0 aromatic heterocycles. The standard InChI is InChI=1S/C14H24O/c1-3-4-5-13-6-8-14(9-7-13)12(2)10-11-15/h8,11-13H,3-7,9-10H2,1-2H3. The number of aldehydes is 1. The van der Waals surface area contributed by atoms with E-state index in [-0.39, 0.29) is 0 Å². The van der Waals surface area contributed by atoms with E-state index in [1.54, 1.807) is 0 Å². The molecule has 1 nitrogen and oxygen atoms in total. The van der Waals surface area contributed by atoms with Crippen LogP contribution < -0.4 is 0 Å². The van der Waals surface area contributed by atoms with Crippen LogP contribution in [-0.4, -0.2) is 6.29 Å². The first-order valence-corrected chi connectivity index (χ1v) is 6.40. The molecule has 0 bridgehead atoms. The lowest BCUT2D eigenvalue weighted by Gasteiger charge is -2.24. The third-order valence-electron chi connectivity index (χ3n) is 3.60. The van der Waals surface area contributed by atoms with Gasteiger partial charge in [-0.3, -0.25) is 0 Å². The highest BCUT2D eigenvalue weighted by atomic mass is 16.1. The normalized spacial score (nSPS) is 23.3. The van der Waals surface area contributed by atoms with Gasteiger partial charge in [0.15, 0.2) is 0 Å². The molecule has 0 radical (unpaired) electrons. The lowest BCUT2D eigenvalue weighted by Crippen LogP contribution is -2.10. The lowest BCUT2D eigenvalue weighted by atomic mass is 9.81. The summed E-state index contributed by atoms with van der Waals surface area (Å²) in [5.74, 6) is 1.40. The second-order valence-corrected chi connectivity index (χ2v) is 4.87. The van der Waals surface area contributed by atoms with Gasteiger partial charge in [-0.25, -0.2) is 0 Å². The van der Waals surface area contributed by atoms with Gasteiger partial charge in [0.2, 0.25) is 0 Å². The summed E-state index contributed by atoms with van der Waals surface area (Å²) in [6.45, 7) is 4.43. The topological polar surface area (TPSA) is 17.1 Å².